The number of rotatable bonds is 2. The van der Waals surface area contributed by atoms with Crippen LogP contribution in [0.25, 0.3) is 27.5 Å². The molecule has 3 aromatic heterocycles. The topological polar surface area (TPSA) is 17.3 Å². The Bertz CT molecular complexity index is 903. The van der Waals surface area contributed by atoms with E-state index in [4.69, 9.17) is 4.98 Å². The summed E-state index contributed by atoms with van der Waals surface area (Å²) >= 11 is 1.81. The van der Waals surface area contributed by atoms with E-state index >= 15 is 0 Å². The van der Waals surface area contributed by atoms with Gasteiger partial charge in [-0.05, 0) is 31.2 Å². The summed E-state index contributed by atoms with van der Waals surface area (Å²) in [5.74, 6) is 0. The van der Waals surface area contributed by atoms with Crippen LogP contribution in [0.5, 0.6) is 0 Å². The molecule has 0 unspecified atom stereocenters. The summed E-state index contributed by atoms with van der Waals surface area (Å²) in [5.41, 5.74) is 4.36. The van der Waals surface area contributed by atoms with Crippen LogP contribution in [-0.2, 0) is 0 Å². The fourth-order valence-corrected chi connectivity index (χ4v) is 3.50. The van der Waals surface area contributed by atoms with Crippen molar-refractivity contribution in [3.8, 4) is 21.8 Å². The van der Waals surface area contributed by atoms with Crippen molar-refractivity contribution in [3.63, 3.8) is 0 Å². The predicted molar refractivity (Wildman–Crippen MR) is 88.7 cm³/mol. The molecule has 0 spiro atoms. The van der Waals surface area contributed by atoms with Crippen molar-refractivity contribution in [2.24, 2.45) is 0 Å². The number of aromatic nitrogens is 2. The van der Waals surface area contributed by atoms with Gasteiger partial charge < -0.3 is 0 Å². The number of hydrogen-bond donors (Lipinski definition) is 0. The Morgan fingerprint density at radius 2 is 1.71 bits per heavy atom. The number of fused-ring (bicyclic) bond motifs is 1. The summed E-state index contributed by atoms with van der Waals surface area (Å²) in [5, 5.41) is 0. The lowest BCUT2D eigenvalue weighted by Crippen LogP contribution is -1.86. The van der Waals surface area contributed by atoms with Crippen LogP contribution in [0.1, 0.15) is 4.88 Å². The summed E-state index contributed by atoms with van der Waals surface area (Å²) in [6.45, 7) is 2.14. The van der Waals surface area contributed by atoms with Gasteiger partial charge in [-0.2, -0.15) is 0 Å². The minimum Gasteiger partial charge on any atom is -0.298 e. The Morgan fingerprint density at radius 1 is 0.905 bits per heavy atom. The first-order chi connectivity index (χ1) is 10.3. The summed E-state index contributed by atoms with van der Waals surface area (Å²) in [7, 11) is 0. The third-order valence-electron chi connectivity index (χ3n) is 3.55. The van der Waals surface area contributed by atoms with E-state index in [1.54, 1.807) is 0 Å². The van der Waals surface area contributed by atoms with E-state index in [1.807, 2.05) is 29.5 Å². The Kier molecular flexibility index (Phi) is 2.86. The average Bonchev–Trinajstić information content (AvgIpc) is 3.11. The van der Waals surface area contributed by atoms with Gasteiger partial charge in [0.15, 0.2) is 0 Å². The van der Waals surface area contributed by atoms with Gasteiger partial charge in [0.05, 0.1) is 16.3 Å². The number of benzene rings is 1. The van der Waals surface area contributed by atoms with Crippen molar-refractivity contribution < 1.29 is 0 Å². The maximum absolute atomic E-state index is 4.84. The molecule has 1 aromatic carbocycles. The lowest BCUT2D eigenvalue weighted by molar-refractivity contribution is 1.20. The van der Waals surface area contributed by atoms with Gasteiger partial charge in [-0.1, -0.05) is 36.4 Å². The second-order valence-corrected chi connectivity index (χ2v) is 6.30. The van der Waals surface area contributed by atoms with E-state index in [0.717, 1.165) is 16.9 Å². The molecular weight excluding hydrogens is 276 g/mol. The minimum absolute atomic E-state index is 0.984. The van der Waals surface area contributed by atoms with E-state index in [-0.39, 0.29) is 0 Å². The van der Waals surface area contributed by atoms with Gasteiger partial charge in [0.1, 0.15) is 5.65 Å². The van der Waals surface area contributed by atoms with E-state index in [0.29, 0.717) is 0 Å². The quantitative estimate of drug-likeness (QED) is 0.505. The molecule has 3 heterocycles. The van der Waals surface area contributed by atoms with Crippen LogP contribution in [0.2, 0.25) is 0 Å². The van der Waals surface area contributed by atoms with Crippen molar-refractivity contribution >= 4 is 17.0 Å². The van der Waals surface area contributed by atoms with Crippen molar-refractivity contribution in [3.05, 3.63) is 71.7 Å². The van der Waals surface area contributed by atoms with E-state index in [1.165, 1.54) is 15.4 Å². The molecule has 0 amide bonds. The lowest BCUT2D eigenvalue weighted by Gasteiger charge is -2.03. The highest BCUT2D eigenvalue weighted by Crippen LogP contribution is 2.36. The molecule has 102 valence electrons. The number of thiophene rings is 1. The monoisotopic (exact) mass is 290 g/mol. The predicted octanol–water partition coefficient (Wildman–Crippen LogP) is 5.04. The first kappa shape index (κ1) is 12.4. The van der Waals surface area contributed by atoms with Crippen molar-refractivity contribution in [2.45, 2.75) is 6.92 Å². The SMILES string of the molecule is Cc1ccc(-c2c(-c3ccccc3)nc3ccccn23)s1. The largest absolute Gasteiger partial charge is 0.298 e. The Hall–Kier alpha value is -2.39. The van der Waals surface area contributed by atoms with E-state index in [9.17, 15) is 0 Å². The van der Waals surface area contributed by atoms with Crippen molar-refractivity contribution in [2.75, 3.05) is 0 Å². The molecular formula is C18H14N2S. The van der Waals surface area contributed by atoms with Crippen molar-refractivity contribution in [1.29, 1.82) is 0 Å². The second kappa shape index (κ2) is 4.86. The maximum Gasteiger partial charge on any atom is 0.137 e. The van der Waals surface area contributed by atoms with Gasteiger partial charge in [-0.3, -0.25) is 4.40 Å². The molecule has 0 aliphatic rings. The first-order valence-electron chi connectivity index (χ1n) is 6.92. The Balaban J connectivity index is 2.06. The highest BCUT2D eigenvalue weighted by molar-refractivity contribution is 7.15. The molecule has 0 saturated heterocycles. The molecule has 0 N–H and O–H groups in total. The van der Waals surface area contributed by atoms with Crippen LogP contribution < -0.4 is 0 Å². The molecule has 0 fully saturated rings. The summed E-state index contributed by atoms with van der Waals surface area (Å²) < 4.78 is 2.17. The van der Waals surface area contributed by atoms with Gasteiger partial charge in [-0.25, -0.2) is 4.98 Å². The highest BCUT2D eigenvalue weighted by atomic mass is 32.1. The Morgan fingerprint density at radius 3 is 2.48 bits per heavy atom. The molecule has 2 nitrogen and oxygen atoms in total. The van der Waals surface area contributed by atoms with Crippen LogP contribution in [0, 0.1) is 6.92 Å². The number of nitrogens with zero attached hydrogens (tertiary/aromatic N) is 2. The van der Waals surface area contributed by atoms with Crippen LogP contribution in [0.3, 0.4) is 0 Å². The first-order valence-corrected chi connectivity index (χ1v) is 7.74. The average molecular weight is 290 g/mol. The van der Waals surface area contributed by atoms with Gasteiger partial charge in [-0.15, -0.1) is 11.3 Å². The second-order valence-electron chi connectivity index (χ2n) is 5.01. The van der Waals surface area contributed by atoms with Crippen LogP contribution in [-0.4, -0.2) is 9.38 Å². The normalized spacial score (nSPS) is 11.1. The van der Waals surface area contributed by atoms with Crippen LogP contribution in [0.4, 0.5) is 0 Å². The fraction of sp³-hybridized carbons (Fsp3) is 0.0556. The number of pyridine rings is 1. The van der Waals surface area contributed by atoms with E-state index < -0.39 is 0 Å². The zero-order valence-electron chi connectivity index (χ0n) is 11.7. The Labute approximate surface area is 127 Å². The third kappa shape index (κ3) is 2.06. The molecule has 0 atom stereocenters. The van der Waals surface area contributed by atoms with Gasteiger partial charge in [0, 0.05) is 16.6 Å². The van der Waals surface area contributed by atoms with Gasteiger partial charge in [0.2, 0.25) is 0 Å². The smallest absolute Gasteiger partial charge is 0.137 e. The van der Waals surface area contributed by atoms with Crippen LogP contribution >= 0.6 is 11.3 Å². The number of hydrogen-bond acceptors (Lipinski definition) is 2. The fourth-order valence-electron chi connectivity index (χ4n) is 2.59. The molecule has 21 heavy (non-hydrogen) atoms. The molecule has 4 aromatic rings. The zero-order chi connectivity index (χ0) is 14.2. The van der Waals surface area contributed by atoms with Crippen LogP contribution in [0.15, 0.2) is 66.9 Å². The summed E-state index contributed by atoms with van der Waals surface area (Å²) in [6, 6.07) is 20.9. The molecule has 3 heteroatoms. The molecule has 0 saturated carbocycles. The molecule has 0 aliphatic carbocycles. The molecule has 0 bridgehead atoms. The summed E-state index contributed by atoms with van der Waals surface area (Å²) in [4.78, 5) is 7.41. The van der Waals surface area contributed by atoms with Gasteiger partial charge >= 0.3 is 0 Å². The molecule has 0 radical (unpaired) electrons. The molecule has 0 aliphatic heterocycles. The summed E-state index contributed by atoms with van der Waals surface area (Å²) in [6.07, 6.45) is 2.08. The highest BCUT2D eigenvalue weighted by Gasteiger charge is 2.16. The number of imidazole rings is 1. The third-order valence-corrected chi connectivity index (χ3v) is 4.56. The minimum atomic E-state index is 0.984. The zero-order valence-corrected chi connectivity index (χ0v) is 12.5. The molecule has 4 rings (SSSR count). The number of aryl methyl sites for hydroxylation is 1. The van der Waals surface area contributed by atoms with E-state index in [2.05, 4.69) is 60.0 Å². The van der Waals surface area contributed by atoms with Gasteiger partial charge in [0.25, 0.3) is 0 Å². The van der Waals surface area contributed by atoms with Crippen molar-refractivity contribution in [1.82, 2.24) is 9.38 Å². The standard InChI is InChI=1S/C18H14N2S/c1-13-10-11-15(21-13)18-17(14-7-3-2-4-8-14)19-16-9-5-6-12-20(16)18/h2-12H,1H3. The lowest BCUT2D eigenvalue weighted by atomic mass is 10.1. The maximum atomic E-state index is 4.84.